The van der Waals surface area contributed by atoms with Crippen LogP contribution in [0.3, 0.4) is 0 Å². The average molecular weight is 261 g/mol. The highest BCUT2D eigenvalue weighted by Gasteiger charge is 2.07. The number of nitrogens with two attached hydrogens (primary N) is 1. The third-order valence-electron chi connectivity index (χ3n) is 2.60. The van der Waals surface area contributed by atoms with E-state index in [2.05, 4.69) is 10.3 Å². The van der Waals surface area contributed by atoms with Crippen LogP contribution in [0.4, 0.5) is 5.69 Å². The van der Waals surface area contributed by atoms with Crippen LogP contribution < -0.4 is 11.1 Å². The Morgan fingerprint density at radius 3 is 2.83 bits per heavy atom. The lowest BCUT2D eigenvalue weighted by Crippen LogP contribution is -2.22. The van der Waals surface area contributed by atoms with E-state index >= 15 is 0 Å². The number of hydrogen-bond acceptors (Lipinski definition) is 4. The number of aryl methyl sites for hydroxylation is 2. The van der Waals surface area contributed by atoms with E-state index < -0.39 is 0 Å². The van der Waals surface area contributed by atoms with Crippen molar-refractivity contribution in [2.75, 3.05) is 5.73 Å². The smallest absolute Gasteiger partial charge is 0.251 e. The molecule has 1 aromatic heterocycles. The molecule has 0 aliphatic carbocycles. The van der Waals surface area contributed by atoms with Crippen LogP contribution in [0.5, 0.6) is 0 Å². The summed E-state index contributed by atoms with van der Waals surface area (Å²) in [6.07, 6.45) is 1.81. The number of nitrogens with one attached hydrogen (secondary N) is 1. The van der Waals surface area contributed by atoms with Crippen molar-refractivity contribution in [3.63, 3.8) is 0 Å². The van der Waals surface area contributed by atoms with Crippen molar-refractivity contribution in [1.82, 2.24) is 10.3 Å². The van der Waals surface area contributed by atoms with E-state index in [1.54, 1.807) is 35.7 Å². The highest BCUT2D eigenvalue weighted by molar-refractivity contribution is 7.11. The van der Waals surface area contributed by atoms with E-state index in [1.165, 1.54) is 0 Å². The van der Waals surface area contributed by atoms with Gasteiger partial charge in [-0.1, -0.05) is 0 Å². The number of thiazole rings is 1. The molecular weight excluding hydrogens is 246 g/mol. The fraction of sp³-hybridized carbons (Fsp3) is 0.231. The van der Waals surface area contributed by atoms with Gasteiger partial charge in [-0.3, -0.25) is 4.79 Å². The zero-order chi connectivity index (χ0) is 13.1. The van der Waals surface area contributed by atoms with Gasteiger partial charge in [0.15, 0.2) is 0 Å². The molecule has 3 N–H and O–H groups in total. The number of hydrogen-bond donors (Lipinski definition) is 2. The summed E-state index contributed by atoms with van der Waals surface area (Å²) in [6, 6.07) is 5.26. The number of carbonyl (C=O) groups is 1. The van der Waals surface area contributed by atoms with E-state index in [9.17, 15) is 4.79 Å². The van der Waals surface area contributed by atoms with Gasteiger partial charge in [0.25, 0.3) is 5.91 Å². The van der Waals surface area contributed by atoms with Gasteiger partial charge in [-0.25, -0.2) is 4.98 Å². The van der Waals surface area contributed by atoms with Crippen molar-refractivity contribution >= 4 is 22.9 Å². The molecule has 94 valence electrons. The topological polar surface area (TPSA) is 68.0 Å². The summed E-state index contributed by atoms with van der Waals surface area (Å²) < 4.78 is 0. The molecule has 0 atom stereocenters. The molecule has 2 rings (SSSR count). The number of rotatable bonds is 3. The van der Waals surface area contributed by atoms with E-state index in [0.717, 1.165) is 15.4 Å². The van der Waals surface area contributed by atoms with Crippen LogP contribution in [-0.4, -0.2) is 10.9 Å². The Balaban J connectivity index is 2.01. The summed E-state index contributed by atoms with van der Waals surface area (Å²) in [4.78, 5) is 17.3. The quantitative estimate of drug-likeness (QED) is 0.833. The van der Waals surface area contributed by atoms with Crippen LogP contribution >= 0.6 is 11.3 Å². The molecule has 0 spiro atoms. The van der Waals surface area contributed by atoms with Gasteiger partial charge in [-0.05, 0) is 37.6 Å². The molecule has 0 aliphatic heterocycles. The molecule has 2 aromatic rings. The number of amides is 1. The molecule has 0 saturated heterocycles. The number of nitrogens with zero attached hydrogens (tertiary/aromatic N) is 1. The average Bonchev–Trinajstić information content (AvgIpc) is 2.75. The number of nitrogen functional groups attached to an aromatic ring is 1. The summed E-state index contributed by atoms with van der Waals surface area (Å²) in [5.74, 6) is -0.106. The van der Waals surface area contributed by atoms with Crippen LogP contribution in [0, 0.1) is 13.8 Å². The van der Waals surface area contributed by atoms with Crippen LogP contribution in [0.1, 0.15) is 25.8 Å². The Hall–Kier alpha value is -1.88. The highest BCUT2D eigenvalue weighted by Crippen LogP contribution is 2.13. The second-order valence-corrected chi connectivity index (χ2v) is 5.44. The molecule has 0 unspecified atom stereocenters. The number of benzene rings is 1. The monoisotopic (exact) mass is 261 g/mol. The highest BCUT2D eigenvalue weighted by atomic mass is 32.1. The lowest BCUT2D eigenvalue weighted by molar-refractivity contribution is 0.0951. The van der Waals surface area contributed by atoms with E-state index in [1.807, 2.05) is 13.8 Å². The molecule has 0 saturated carbocycles. The van der Waals surface area contributed by atoms with Crippen LogP contribution in [-0.2, 0) is 6.54 Å². The molecule has 0 fully saturated rings. The van der Waals surface area contributed by atoms with Crippen molar-refractivity contribution in [3.05, 3.63) is 45.4 Å². The summed E-state index contributed by atoms with van der Waals surface area (Å²) >= 11 is 1.58. The molecule has 0 radical (unpaired) electrons. The molecule has 1 amide bonds. The predicted molar refractivity (Wildman–Crippen MR) is 73.6 cm³/mol. The van der Waals surface area contributed by atoms with Gasteiger partial charge in [0, 0.05) is 22.3 Å². The first-order chi connectivity index (χ1) is 8.56. The van der Waals surface area contributed by atoms with E-state index in [0.29, 0.717) is 17.8 Å². The van der Waals surface area contributed by atoms with E-state index in [4.69, 9.17) is 5.73 Å². The zero-order valence-electron chi connectivity index (χ0n) is 10.4. The summed E-state index contributed by atoms with van der Waals surface area (Å²) in [5, 5.41) is 3.75. The lowest BCUT2D eigenvalue weighted by atomic mass is 10.1. The Labute approximate surface area is 110 Å². The normalized spacial score (nSPS) is 10.3. The second kappa shape index (κ2) is 5.18. The maximum absolute atomic E-state index is 11.9. The van der Waals surface area contributed by atoms with Gasteiger partial charge in [0.1, 0.15) is 5.01 Å². The first-order valence-corrected chi connectivity index (χ1v) is 6.43. The molecule has 1 heterocycles. The SMILES string of the molecule is Cc1cnc(CNC(=O)c2ccc(N)c(C)c2)s1. The lowest BCUT2D eigenvalue weighted by Gasteiger charge is -2.05. The molecule has 0 aliphatic rings. The Kier molecular flexibility index (Phi) is 3.62. The first kappa shape index (κ1) is 12.6. The van der Waals surface area contributed by atoms with Crippen LogP contribution in [0.2, 0.25) is 0 Å². The van der Waals surface area contributed by atoms with Gasteiger partial charge in [0.05, 0.1) is 6.54 Å². The summed E-state index contributed by atoms with van der Waals surface area (Å²) in [7, 11) is 0. The molecule has 1 aromatic carbocycles. The molecule has 4 nitrogen and oxygen atoms in total. The number of carbonyl (C=O) groups excluding carboxylic acids is 1. The fourth-order valence-corrected chi connectivity index (χ4v) is 2.28. The first-order valence-electron chi connectivity index (χ1n) is 5.62. The van der Waals surface area contributed by atoms with Gasteiger partial charge in [-0.15, -0.1) is 11.3 Å². The Morgan fingerprint density at radius 2 is 2.22 bits per heavy atom. The third kappa shape index (κ3) is 2.87. The van der Waals surface area contributed by atoms with Crippen molar-refractivity contribution in [3.8, 4) is 0 Å². The molecule has 0 bridgehead atoms. The fourth-order valence-electron chi connectivity index (χ4n) is 1.56. The minimum atomic E-state index is -0.106. The largest absolute Gasteiger partial charge is 0.399 e. The van der Waals surface area contributed by atoms with Crippen molar-refractivity contribution < 1.29 is 4.79 Å². The maximum Gasteiger partial charge on any atom is 0.251 e. The Bertz CT molecular complexity index is 577. The van der Waals surface area contributed by atoms with Crippen molar-refractivity contribution in [2.24, 2.45) is 0 Å². The minimum Gasteiger partial charge on any atom is -0.399 e. The maximum atomic E-state index is 11.9. The standard InChI is InChI=1S/C13H15N3OS/c1-8-5-10(3-4-11(8)14)13(17)16-7-12-15-6-9(2)18-12/h3-6H,7,14H2,1-2H3,(H,16,17). The number of anilines is 1. The van der Waals surface area contributed by atoms with Gasteiger partial charge >= 0.3 is 0 Å². The predicted octanol–water partition coefficient (Wildman–Crippen LogP) is 2.27. The van der Waals surface area contributed by atoms with Crippen molar-refractivity contribution in [1.29, 1.82) is 0 Å². The van der Waals surface area contributed by atoms with Crippen LogP contribution in [0.25, 0.3) is 0 Å². The molecule has 5 heteroatoms. The zero-order valence-corrected chi connectivity index (χ0v) is 11.2. The van der Waals surface area contributed by atoms with Crippen LogP contribution in [0.15, 0.2) is 24.4 Å². The number of aromatic nitrogens is 1. The molecule has 18 heavy (non-hydrogen) atoms. The van der Waals surface area contributed by atoms with Gasteiger partial charge in [-0.2, -0.15) is 0 Å². The van der Waals surface area contributed by atoms with Gasteiger partial charge in [0.2, 0.25) is 0 Å². The second-order valence-electron chi connectivity index (χ2n) is 4.12. The summed E-state index contributed by atoms with van der Waals surface area (Å²) in [5.41, 5.74) is 7.94. The minimum absolute atomic E-state index is 0.106. The molecular formula is C13H15N3OS. The Morgan fingerprint density at radius 1 is 1.44 bits per heavy atom. The summed E-state index contributed by atoms with van der Waals surface area (Å²) in [6.45, 7) is 4.34. The van der Waals surface area contributed by atoms with E-state index in [-0.39, 0.29) is 5.91 Å². The van der Waals surface area contributed by atoms with Gasteiger partial charge < -0.3 is 11.1 Å². The van der Waals surface area contributed by atoms with Crippen molar-refractivity contribution in [2.45, 2.75) is 20.4 Å². The third-order valence-corrected chi connectivity index (χ3v) is 3.51.